The van der Waals surface area contributed by atoms with Crippen molar-refractivity contribution in [2.24, 2.45) is 39.9 Å². The van der Waals surface area contributed by atoms with Gasteiger partial charge in [-0.1, -0.05) is 38.3 Å². The zero-order valence-corrected chi connectivity index (χ0v) is 18.8. The minimum Gasteiger partial charge on any atom is -0.393 e. The van der Waals surface area contributed by atoms with Gasteiger partial charge in [-0.15, -0.1) is 0 Å². The Morgan fingerprint density at radius 3 is 2.66 bits per heavy atom. The molecule has 5 aliphatic rings. The Morgan fingerprint density at radius 1 is 1.07 bits per heavy atom. The Kier molecular flexibility index (Phi) is 4.94. The van der Waals surface area contributed by atoms with E-state index in [1.807, 2.05) is 5.57 Å². The summed E-state index contributed by atoms with van der Waals surface area (Å²) in [5.74, 6) is 3.32. The van der Waals surface area contributed by atoms with Crippen LogP contribution in [0, 0.1) is 51.2 Å². The van der Waals surface area contributed by atoms with E-state index in [2.05, 4.69) is 26.0 Å². The van der Waals surface area contributed by atoms with Gasteiger partial charge in [0, 0.05) is 0 Å². The van der Waals surface area contributed by atoms with Crippen LogP contribution in [0.5, 0.6) is 0 Å². The van der Waals surface area contributed by atoms with Crippen molar-refractivity contribution in [1.29, 1.82) is 5.26 Å². The normalized spacial score (nSPS) is 47.4. The van der Waals surface area contributed by atoms with Gasteiger partial charge in [0.1, 0.15) is 0 Å². The fraction of sp³-hybridized carbons (Fsp3) is 0.889. The van der Waals surface area contributed by atoms with E-state index in [1.165, 1.54) is 57.8 Å². The zero-order valence-electron chi connectivity index (χ0n) is 18.8. The van der Waals surface area contributed by atoms with Gasteiger partial charge in [0.05, 0.1) is 17.6 Å². The molecule has 5 aliphatic carbocycles. The van der Waals surface area contributed by atoms with Gasteiger partial charge in [-0.2, -0.15) is 5.26 Å². The number of nitrogens with zero attached hydrogens (tertiary/aromatic N) is 1. The lowest BCUT2D eigenvalue weighted by Gasteiger charge is -2.56. The molecule has 7 atom stereocenters. The summed E-state index contributed by atoms with van der Waals surface area (Å²) >= 11 is 0. The van der Waals surface area contributed by atoms with E-state index < -0.39 is 0 Å². The summed E-state index contributed by atoms with van der Waals surface area (Å²) in [5, 5.41) is 19.5. The average molecular weight is 396 g/mol. The van der Waals surface area contributed by atoms with E-state index in [0.29, 0.717) is 16.7 Å². The van der Waals surface area contributed by atoms with E-state index in [0.717, 1.165) is 49.9 Å². The summed E-state index contributed by atoms with van der Waals surface area (Å²) in [7, 11) is 0. The SMILES string of the molecule is CC12CCC(O)CC1CCC1C2=CCC2(C)C(CCCCC3(C#N)CC3)CCC12. The summed E-state index contributed by atoms with van der Waals surface area (Å²) in [6.45, 7) is 5.17. The molecule has 1 N–H and O–H groups in total. The van der Waals surface area contributed by atoms with Crippen LogP contribution >= 0.6 is 0 Å². The molecule has 0 aromatic heterocycles. The number of fused-ring (bicyclic) bond motifs is 5. The highest BCUT2D eigenvalue weighted by atomic mass is 16.3. The van der Waals surface area contributed by atoms with Crippen LogP contribution in [-0.2, 0) is 0 Å². The minimum absolute atomic E-state index is 0.0502. The van der Waals surface area contributed by atoms with Crippen LogP contribution in [0.1, 0.15) is 104 Å². The molecular formula is C27H41NO. The van der Waals surface area contributed by atoms with Gasteiger partial charge in [-0.05, 0) is 112 Å². The zero-order chi connectivity index (χ0) is 20.3. The first-order valence-electron chi connectivity index (χ1n) is 12.7. The standard InChI is InChI=1S/C27H41NO/c1-25-14-11-24-22(8-6-20-17-21(29)10-13-26(20,24)2)23(25)9-7-19(25)5-3-4-12-27(18-28)15-16-27/h11,19-23,29H,3-10,12-17H2,1-2H3. The minimum atomic E-state index is -0.0502. The predicted molar refractivity (Wildman–Crippen MR) is 117 cm³/mol. The molecule has 0 bridgehead atoms. The molecule has 4 saturated carbocycles. The average Bonchev–Trinajstić information content (AvgIpc) is 3.41. The maximum absolute atomic E-state index is 10.2. The maximum Gasteiger partial charge on any atom is 0.0689 e. The first kappa shape index (κ1) is 20.1. The predicted octanol–water partition coefficient (Wildman–Crippen LogP) is 6.79. The smallest absolute Gasteiger partial charge is 0.0689 e. The third kappa shape index (κ3) is 3.22. The third-order valence-electron chi connectivity index (χ3n) is 10.7. The van der Waals surface area contributed by atoms with E-state index >= 15 is 0 Å². The highest BCUT2D eigenvalue weighted by Crippen LogP contribution is 2.66. The second kappa shape index (κ2) is 7.12. The van der Waals surface area contributed by atoms with Crippen LogP contribution in [-0.4, -0.2) is 11.2 Å². The number of unbranched alkanes of at least 4 members (excludes halogenated alkanes) is 1. The second-order valence-corrected chi connectivity index (χ2v) is 12.1. The summed E-state index contributed by atoms with van der Waals surface area (Å²) in [5.41, 5.74) is 2.79. The topological polar surface area (TPSA) is 44.0 Å². The van der Waals surface area contributed by atoms with Gasteiger partial charge in [-0.3, -0.25) is 0 Å². The van der Waals surface area contributed by atoms with Crippen molar-refractivity contribution < 1.29 is 5.11 Å². The Morgan fingerprint density at radius 2 is 1.90 bits per heavy atom. The van der Waals surface area contributed by atoms with Crippen molar-refractivity contribution in [3.63, 3.8) is 0 Å². The molecule has 0 aliphatic heterocycles. The number of rotatable bonds is 5. The Bertz CT molecular complexity index is 715. The molecule has 29 heavy (non-hydrogen) atoms. The third-order valence-corrected chi connectivity index (χ3v) is 10.7. The lowest BCUT2D eigenvalue weighted by atomic mass is 9.48. The molecule has 7 unspecified atom stereocenters. The van der Waals surface area contributed by atoms with Crippen LogP contribution in [0.25, 0.3) is 0 Å². The first-order chi connectivity index (χ1) is 13.9. The lowest BCUT2D eigenvalue weighted by Crippen LogP contribution is -2.48. The molecule has 160 valence electrons. The van der Waals surface area contributed by atoms with E-state index in [4.69, 9.17) is 0 Å². The molecule has 0 aromatic carbocycles. The highest BCUT2D eigenvalue weighted by molar-refractivity contribution is 5.29. The van der Waals surface area contributed by atoms with Gasteiger partial charge in [0.25, 0.3) is 0 Å². The van der Waals surface area contributed by atoms with E-state index in [9.17, 15) is 10.4 Å². The summed E-state index contributed by atoms with van der Waals surface area (Å²) in [6.07, 6.45) is 20.2. The van der Waals surface area contributed by atoms with E-state index in [-0.39, 0.29) is 11.5 Å². The molecule has 2 nitrogen and oxygen atoms in total. The van der Waals surface area contributed by atoms with Crippen molar-refractivity contribution in [2.45, 2.75) is 110 Å². The van der Waals surface area contributed by atoms with E-state index in [1.54, 1.807) is 0 Å². The monoisotopic (exact) mass is 395 g/mol. The van der Waals surface area contributed by atoms with Gasteiger partial charge in [0.2, 0.25) is 0 Å². The summed E-state index contributed by atoms with van der Waals surface area (Å²) < 4.78 is 0. The first-order valence-corrected chi connectivity index (χ1v) is 12.7. The van der Waals surface area contributed by atoms with Crippen LogP contribution < -0.4 is 0 Å². The van der Waals surface area contributed by atoms with Crippen molar-refractivity contribution >= 4 is 0 Å². The Labute approximate surface area is 178 Å². The van der Waals surface area contributed by atoms with Gasteiger partial charge >= 0.3 is 0 Å². The van der Waals surface area contributed by atoms with Gasteiger partial charge < -0.3 is 5.11 Å². The molecule has 0 radical (unpaired) electrons. The molecule has 5 rings (SSSR count). The van der Waals surface area contributed by atoms with Crippen molar-refractivity contribution in [2.75, 3.05) is 0 Å². The van der Waals surface area contributed by atoms with Crippen molar-refractivity contribution in [3.05, 3.63) is 11.6 Å². The van der Waals surface area contributed by atoms with Crippen LogP contribution in [0.4, 0.5) is 0 Å². The summed E-state index contributed by atoms with van der Waals surface area (Å²) in [6, 6.07) is 2.57. The number of allylic oxidation sites excluding steroid dienone is 2. The fourth-order valence-electron chi connectivity index (χ4n) is 8.50. The quantitative estimate of drug-likeness (QED) is 0.411. The Balaban J connectivity index is 1.26. The summed E-state index contributed by atoms with van der Waals surface area (Å²) in [4.78, 5) is 0. The highest BCUT2D eigenvalue weighted by Gasteiger charge is 2.56. The maximum atomic E-state index is 10.2. The number of aliphatic hydroxyl groups is 1. The van der Waals surface area contributed by atoms with Gasteiger partial charge in [0.15, 0.2) is 0 Å². The molecule has 4 fully saturated rings. The molecule has 0 heterocycles. The molecule has 0 aromatic rings. The van der Waals surface area contributed by atoms with Crippen LogP contribution in [0.3, 0.4) is 0 Å². The van der Waals surface area contributed by atoms with Crippen molar-refractivity contribution in [1.82, 2.24) is 0 Å². The lowest BCUT2D eigenvalue weighted by molar-refractivity contribution is -0.0126. The molecule has 0 spiro atoms. The molecule has 0 saturated heterocycles. The number of hydrogen-bond acceptors (Lipinski definition) is 2. The number of nitriles is 1. The molecule has 0 amide bonds. The molecular weight excluding hydrogens is 354 g/mol. The fourth-order valence-corrected chi connectivity index (χ4v) is 8.50. The largest absolute Gasteiger partial charge is 0.393 e. The second-order valence-electron chi connectivity index (χ2n) is 12.1. The van der Waals surface area contributed by atoms with Crippen molar-refractivity contribution in [3.8, 4) is 6.07 Å². The van der Waals surface area contributed by atoms with Crippen LogP contribution in [0.15, 0.2) is 11.6 Å². The molecule has 2 heteroatoms. The van der Waals surface area contributed by atoms with Gasteiger partial charge in [-0.25, -0.2) is 0 Å². The Hall–Kier alpha value is -0.810. The number of aliphatic hydroxyl groups excluding tert-OH is 1. The van der Waals surface area contributed by atoms with Crippen LogP contribution in [0.2, 0.25) is 0 Å². The number of hydrogen-bond donors (Lipinski definition) is 1.